The van der Waals surface area contributed by atoms with Crippen molar-refractivity contribution in [3.05, 3.63) is 11.6 Å². The molecule has 0 saturated heterocycles. The van der Waals surface area contributed by atoms with Crippen molar-refractivity contribution in [1.29, 1.82) is 0 Å². The van der Waals surface area contributed by atoms with Gasteiger partial charge in [-0.15, -0.1) is 0 Å². The number of hydrogen-bond donors (Lipinski definition) is 0. The minimum atomic E-state index is -0.378. The maximum Gasteiger partial charge on any atom is 0.312 e. The Morgan fingerprint density at radius 3 is 2.19 bits per heavy atom. The fourth-order valence-corrected chi connectivity index (χ4v) is 11.9. The van der Waals surface area contributed by atoms with Crippen LogP contribution in [0.5, 0.6) is 0 Å². The van der Waals surface area contributed by atoms with Crippen molar-refractivity contribution >= 4 is 17.9 Å². The van der Waals surface area contributed by atoms with Crippen LogP contribution in [-0.2, 0) is 28.6 Å². The lowest BCUT2D eigenvalue weighted by Crippen LogP contribution is -2.65. The normalized spacial score (nSPS) is 44.8. The minimum Gasteiger partial charge on any atom is -0.469 e. The molecule has 0 heterocycles. The number of carbonyl (C=O) groups excluding carboxylic acids is 3. The summed E-state index contributed by atoms with van der Waals surface area (Å²) in [6, 6.07) is 0. The molecule has 0 amide bonds. The molecular formula is C37H58O6. The van der Waals surface area contributed by atoms with Gasteiger partial charge in [0.05, 0.1) is 19.6 Å². The highest BCUT2D eigenvalue weighted by Crippen LogP contribution is 2.76. The van der Waals surface area contributed by atoms with Gasteiger partial charge in [0.15, 0.2) is 0 Å². The lowest BCUT2D eigenvalue weighted by Gasteiger charge is -2.71. The Morgan fingerprint density at radius 1 is 0.814 bits per heavy atom. The fraction of sp³-hybridized carbons (Fsp3) is 0.865. The van der Waals surface area contributed by atoms with Crippen molar-refractivity contribution in [1.82, 2.24) is 0 Å². The maximum absolute atomic E-state index is 13.5. The number of carbonyl (C=O) groups is 3. The predicted molar refractivity (Wildman–Crippen MR) is 167 cm³/mol. The van der Waals surface area contributed by atoms with Crippen LogP contribution in [0.1, 0.15) is 126 Å². The second kappa shape index (κ2) is 11.2. The van der Waals surface area contributed by atoms with Crippen LogP contribution < -0.4 is 0 Å². The van der Waals surface area contributed by atoms with Gasteiger partial charge in [-0.2, -0.15) is 0 Å². The molecule has 4 fully saturated rings. The fourth-order valence-electron chi connectivity index (χ4n) is 11.9. The first kappa shape index (κ1) is 32.5. The highest BCUT2D eigenvalue weighted by molar-refractivity contribution is 5.78. The lowest BCUT2D eigenvalue weighted by atomic mass is 9.33. The van der Waals surface area contributed by atoms with Gasteiger partial charge in [0.25, 0.3) is 0 Å². The third-order valence-electron chi connectivity index (χ3n) is 14.8. The van der Waals surface area contributed by atoms with E-state index in [1.165, 1.54) is 7.11 Å². The van der Waals surface area contributed by atoms with Crippen LogP contribution >= 0.6 is 0 Å². The van der Waals surface area contributed by atoms with E-state index < -0.39 is 0 Å². The van der Waals surface area contributed by atoms with Crippen LogP contribution in [-0.4, -0.2) is 38.2 Å². The molecule has 0 aromatic heterocycles. The molecule has 5 rings (SSSR count). The summed E-state index contributed by atoms with van der Waals surface area (Å²) < 4.78 is 16.4. The van der Waals surface area contributed by atoms with Crippen LogP contribution in [0.4, 0.5) is 0 Å². The molecule has 242 valence electrons. The summed E-state index contributed by atoms with van der Waals surface area (Å²) in [6.45, 7) is 17.1. The number of ether oxygens (including phenoxy) is 3. The molecule has 4 saturated carbocycles. The Morgan fingerprint density at radius 2 is 1.51 bits per heavy atom. The smallest absolute Gasteiger partial charge is 0.312 e. The summed E-state index contributed by atoms with van der Waals surface area (Å²) in [5, 5.41) is 0. The highest BCUT2D eigenvalue weighted by Gasteiger charge is 2.69. The van der Waals surface area contributed by atoms with Crippen LogP contribution in [0.3, 0.4) is 0 Å². The zero-order chi connectivity index (χ0) is 31.6. The molecule has 10 atom stereocenters. The third kappa shape index (κ3) is 4.73. The summed E-state index contributed by atoms with van der Waals surface area (Å²) in [4.78, 5) is 37.9. The van der Waals surface area contributed by atoms with Crippen molar-refractivity contribution in [2.24, 2.45) is 56.7 Å². The topological polar surface area (TPSA) is 78.9 Å². The SMILES string of the molecule is COC(=O)CCCC(=O)O[C@H]1CC[C@]2(C)[C@H]3CC=C4[C@@H]5[C@@H](C)[C@H](C)CC[C@]5(C(=O)OC)CC[C@@]4(C)[C@]3(C)CC[C@H]2C1(C)C. The Kier molecular flexibility index (Phi) is 8.47. The number of fused-ring (bicyclic) bond motifs is 7. The molecule has 0 aromatic rings. The largest absolute Gasteiger partial charge is 0.469 e. The second-order valence-corrected chi connectivity index (χ2v) is 16.6. The first-order valence-corrected chi connectivity index (χ1v) is 17.2. The number of allylic oxidation sites excluding steroid dienone is 2. The Labute approximate surface area is 260 Å². The molecule has 0 aliphatic heterocycles. The van der Waals surface area contributed by atoms with Crippen molar-refractivity contribution < 1.29 is 28.6 Å². The summed E-state index contributed by atoms with van der Waals surface area (Å²) in [6.07, 6.45) is 12.8. The van der Waals surface area contributed by atoms with E-state index in [9.17, 15) is 14.4 Å². The molecule has 5 aliphatic carbocycles. The Bertz CT molecular complexity index is 1160. The molecule has 0 bridgehead atoms. The van der Waals surface area contributed by atoms with Crippen LogP contribution in [0, 0.1) is 56.7 Å². The average Bonchev–Trinajstić information content (AvgIpc) is 2.96. The van der Waals surface area contributed by atoms with Crippen LogP contribution in [0.25, 0.3) is 0 Å². The zero-order valence-corrected chi connectivity index (χ0v) is 28.5. The van der Waals surface area contributed by atoms with Gasteiger partial charge in [-0.25, -0.2) is 0 Å². The molecule has 0 radical (unpaired) electrons. The van der Waals surface area contributed by atoms with E-state index in [0.29, 0.717) is 30.1 Å². The summed E-state index contributed by atoms with van der Waals surface area (Å²) >= 11 is 0. The molecule has 43 heavy (non-hydrogen) atoms. The van der Waals surface area contributed by atoms with Crippen molar-refractivity contribution in [3.63, 3.8) is 0 Å². The third-order valence-corrected chi connectivity index (χ3v) is 14.8. The van der Waals surface area contributed by atoms with Crippen LogP contribution in [0.2, 0.25) is 0 Å². The van der Waals surface area contributed by atoms with E-state index in [0.717, 1.165) is 57.8 Å². The van der Waals surface area contributed by atoms with Gasteiger partial charge in [-0.1, -0.05) is 60.1 Å². The van der Waals surface area contributed by atoms with Crippen LogP contribution in [0.15, 0.2) is 11.6 Å². The maximum atomic E-state index is 13.5. The standard InChI is InChI=1S/C37H58O6/c1-23-15-20-37(32(40)42-9)22-21-35(6)25(31(37)24(23)2)13-14-27-34(5)18-17-28(43-30(39)12-10-11-29(38)41-8)33(3,4)26(34)16-19-36(27,35)7/h13,23-24,26-28,31H,10-12,14-22H2,1-9H3/t23-,24+,26+,27-,28+,31+,34+,35-,36-,37+/m1/s1. The Balaban J connectivity index is 1.42. The van der Waals surface area contributed by atoms with E-state index in [1.807, 2.05) is 0 Å². The van der Waals surface area contributed by atoms with Gasteiger partial charge in [0.2, 0.25) is 0 Å². The minimum absolute atomic E-state index is 0.0158. The number of methoxy groups -OCH3 is 2. The number of esters is 3. The molecule has 0 unspecified atom stereocenters. The second-order valence-electron chi connectivity index (χ2n) is 16.6. The van der Waals surface area contributed by atoms with Gasteiger partial charge in [-0.05, 0) is 110 Å². The molecule has 0 N–H and O–H groups in total. The monoisotopic (exact) mass is 598 g/mol. The van der Waals surface area contributed by atoms with Gasteiger partial charge in [-0.3, -0.25) is 14.4 Å². The first-order valence-electron chi connectivity index (χ1n) is 17.2. The van der Waals surface area contributed by atoms with Crippen molar-refractivity contribution in [3.8, 4) is 0 Å². The van der Waals surface area contributed by atoms with Gasteiger partial charge >= 0.3 is 17.9 Å². The van der Waals surface area contributed by atoms with Gasteiger partial charge in [0, 0.05) is 18.3 Å². The van der Waals surface area contributed by atoms with E-state index in [1.54, 1.807) is 12.7 Å². The number of hydrogen-bond acceptors (Lipinski definition) is 6. The Hall–Kier alpha value is -1.85. The molecule has 5 aliphatic rings. The number of rotatable bonds is 6. The summed E-state index contributed by atoms with van der Waals surface area (Å²) in [7, 11) is 2.96. The molecule has 6 heteroatoms. The predicted octanol–water partition coefficient (Wildman–Crippen LogP) is 8.07. The van der Waals surface area contributed by atoms with E-state index in [4.69, 9.17) is 14.2 Å². The van der Waals surface area contributed by atoms with Gasteiger partial charge < -0.3 is 14.2 Å². The van der Waals surface area contributed by atoms with Crippen molar-refractivity contribution in [2.45, 2.75) is 132 Å². The summed E-state index contributed by atoms with van der Waals surface area (Å²) in [5.41, 5.74) is 1.42. The van der Waals surface area contributed by atoms with E-state index in [2.05, 4.69) is 54.5 Å². The average molecular weight is 599 g/mol. The summed E-state index contributed by atoms with van der Waals surface area (Å²) in [5.74, 6) is 1.86. The first-order chi connectivity index (χ1) is 20.1. The van der Waals surface area contributed by atoms with E-state index >= 15 is 0 Å². The molecule has 0 spiro atoms. The van der Waals surface area contributed by atoms with Gasteiger partial charge in [0.1, 0.15) is 6.10 Å². The zero-order valence-electron chi connectivity index (χ0n) is 28.5. The molecule has 6 nitrogen and oxygen atoms in total. The molecule has 0 aromatic carbocycles. The highest BCUT2D eigenvalue weighted by atomic mass is 16.5. The van der Waals surface area contributed by atoms with E-state index in [-0.39, 0.29) is 69.8 Å². The quantitative estimate of drug-likeness (QED) is 0.175. The molecular weight excluding hydrogens is 540 g/mol. The lowest BCUT2D eigenvalue weighted by molar-refractivity contribution is -0.215. The van der Waals surface area contributed by atoms with Crippen molar-refractivity contribution in [2.75, 3.05) is 14.2 Å².